The van der Waals surface area contributed by atoms with Crippen LogP contribution in [-0.4, -0.2) is 31.7 Å². The maximum absolute atomic E-state index is 13.0. The number of pyridine rings is 1. The topological polar surface area (TPSA) is 60.2 Å². The van der Waals surface area contributed by atoms with Crippen molar-refractivity contribution in [3.05, 3.63) is 65.6 Å². The van der Waals surface area contributed by atoms with Gasteiger partial charge in [0.2, 0.25) is 5.88 Å². The summed E-state index contributed by atoms with van der Waals surface area (Å²) < 4.78 is 7.75. The number of amides is 1. The Hall–Kier alpha value is -3.15. The second-order valence-electron chi connectivity index (χ2n) is 7.58. The summed E-state index contributed by atoms with van der Waals surface area (Å²) in [6.07, 6.45) is 9.08. The summed E-state index contributed by atoms with van der Waals surface area (Å²) in [7, 11) is 1.91. The molecule has 28 heavy (non-hydrogen) atoms. The van der Waals surface area contributed by atoms with Crippen molar-refractivity contribution in [3.8, 4) is 17.0 Å². The van der Waals surface area contributed by atoms with Gasteiger partial charge in [-0.25, -0.2) is 4.98 Å². The predicted molar refractivity (Wildman–Crippen MR) is 105 cm³/mol. The van der Waals surface area contributed by atoms with E-state index in [0.717, 1.165) is 35.1 Å². The van der Waals surface area contributed by atoms with Crippen molar-refractivity contribution in [2.24, 2.45) is 7.05 Å². The van der Waals surface area contributed by atoms with E-state index in [1.165, 1.54) is 6.42 Å². The van der Waals surface area contributed by atoms with Gasteiger partial charge >= 0.3 is 0 Å². The Kier molecular flexibility index (Phi) is 4.11. The molecule has 1 aliphatic carbocycles. The number of nitrogens with zero attached hydrogens (tertiary/aromatic N) is 4. The molecule has 1 aliphatic heterocycles. The minimum atomic E-state index is 0.00811. The van der Waals surface area contributed by atoms with E-state index in [1.54, 1.807) is 10.9 Å². The van der Waals surface area contributed by atoms with Gasteiger partial charge < -0.3 is 9.64 Å². The van der Waals surface area contributed by atoms with Crippen LogP contribution in [0.4, 0.5) is 0 Å². The standard InChI is InChI=1S/C22H22N4O2/c1-25-13-18(11-24-25)16-7-5-15(6-8-16)12-26-14-17-9-10-23-21(20(17)22(26)27)28-19-3-2-4-19/h5-11,13,19H,2-4,12,14H2,1H3. The molecule has 3 heterocycles. The van der Waals surface area contributed by atoms with Crippen LogP contribution in [0.5, 0.6) is 5.88 Å². The molecule has 1 aromatic carbocycles. The molecule has 1 fully saturated rings. The molecule has 1 saturated carbocycles. The Morgan fingerprint density at radius 1 is 1.14 bits per heavy atom. The highest BCUT2D eigenvalue weighted by molar-refractivity contribution is 6.00. The molecule has 0 atom stereocenters. The molecule has 3 aromatic rings. The Morgan fingerprint density at radius 3 is 2.64 bits per heavy atom. The molecular formula is C22H22N4O2. The van der Waals surface area contributed by atoms with Crippen LogP contribution in [0.3, 0.4) is 0 Å². The fourth-order valence-electron chi connectivity index (χ4n) is 3.73. The molecule has 0 saturated heterocycles. The first-order valence-corrected chi connectivity index (χ1v) is 9.69. The third-order valence-electron chi connectivity index (χ3n) is 5.56. The first-order chi connectivity index (χ1) is 13.7. The normalized spacial score (nSPS) is 16.2. The third-order valence-corrected chi connectivity index (χ3v) is 5.56. The summed E-state index contributed by atoms with van der Waals surface area (Å²) in [6.45, 7) is 1.17. The van der Waals surface area contributed by atoms with Gasteiger partial charge in [-0.3, -0.25) is 9.48 Å². The number of aromatic nitrogens is 3. The largest absolute Gasteiger partial charge is 0.474 e. The van der Waals surface area contributed by atoms with Gasteiger partial charge in [0.15, 0.2) is 0 Å². The third kappa shape index (κ3) is 3.05. The maximum Gasteiger partial charge on any atom is 0.260 e. The highest BCUT2D eigenvalue weighted by atomic mass is 16.5. The summed E-state index contributed by atoms with van der Waals surface area (Å²) in [5, 5.41) is 4.22. The zero-order valence-electron chi connectivity index (χ0n) is 15.8. The van der Waals surface area contributed by atoms with Gasteiger partial charge in [0.25, 0.3) is 5.91 Å². The van der Waals surface area contributed by atoms with E-state index in [9.17, 15) is 4.79 Å². The molecule has 0 radical (unpaired) electrons. The van der Waals surface area contributed by atoms with E-state index in [1.807, 2.05) is 30.4 Å². The lowest BCUT2D eigenvalue weighted by Crippen LogP contribution is -2.27. The smallest absolute Gasteiger partial charge is 0.260 e. The van der Waals surface area contributed by atoms with Gasteiger partial charge in [0, 0.05) is 38.1 Å². The number of carbonyl (C=O) groups excluding carboxylic acids is 1. The monoisotopic (exact) mass is 374 g/mol. The predicted octanol–water partition coefficient (Wildman–Crippen LogP) is 3.57. The number of fused-ring (bicyclic) bond motifs is 1. The van der Waals surface area contributed by atoms with Crippen molar-refractivity contribution in [3.63, 3.8) is 0 Å². The van der Waals surface area contributed by atoms with Gasteiger partial charge in [-0.15, -0.1) is 0 Å². The Morgan fingerprint density at radius 2 is 1.96 bits per heavy atom. The van der Waals surface area contributed by atoms with Crippen molar-refractivity contribution in [2.75, 3.05) is 0 Å². The molecule has 5 rings (SSSR count). The molecule has 0 spiro atoms. The molecule has 1 amide bonds. The molecule has 0 bridgehead atoms. The minimum absolute atomic E-state index is 0.00811. The van der Waals surface area contributed by atoms with E-state index in [0.29, 0.717) is 24.5 Å². The Balaban J connectivity index is 1.32. The number of aryl methyl sites for hydroxylation is 1. The summed E-state index contributed by atoms with van der Waals surface area (Å²) in [5.74, 6) is 0.510. The Bertz CT molecular complexity index is 1020. The minimum Gasteiger partial charge on any atom is -0.474 e. The highest BCUT2D eigenvalue weighted by Gasteiger charge is 2.33. The average Bonchev–Trinajstić information content (AvgIpc) is 3.23. The van der Waals surface area contributed by atoms with E-state index in [2.05, 4.69) is 34.3 Å². The van der Waals surface area contributed by atoms with Gasteiger partial charge in [-0.05, 0) is 42.0 Å². The lowest BCUT2D eigenvalue weighted by atomic mass is 9.96. The lowest BCUT2D eigenvalue weighted by molar-refractivity contribution is 0.0750. The van der Waals surface area contributed by atoms with Crippen LogP contribution in [0.15, 0.2) is 48.9 Å². The van der Waals surface area contributed by atoms with Crippen LogP contribution in [0.2, 0.25) is 0 Å². The van der Waals surface area contributed by atoms with Gasteiger partial charge in [-0.1, -0.05) is 24.3 Å². The summed E-state index contributed by atoms with van der Waals surface area (Å²) in [5.41, 5.74) is 4.95. The lowest BCUT2D eigenvalue weighted by Gasteiger charge is -2.26. The number of benzene rings is 1. The van der Waals surface area contributed by atoms with E-state index in [4.69, 9.17) is 4.74 Å². The number of rotatable bonds is 5. The molecular weight excluding hydrogens is 352 g/mol. The first kappa shape index (κ1) is 17.0. The quantitative estimate of drug-likeness (QED) is 0.685. The first-order valence-electron chi connectivity index (χ1n) is 9.69. The van der Waals surface area contributed by atoms with Crippen LogP contribution < -0.4 is 4.74 Å². The van der Waals surface area contributed by atoms with Gasteiger partial charge in [0.1, 0.15) is 11.7 Å². The molecule has 2 aromatic heterocycles. The second kappa shape index (κ2) is 6.78. The van der Waals surface area contributed by atoms with E-state index >= 15 is 0 Å². The molecule has 2 aliphatic rings. The van der Waals surface area contributed by atoms with Crippen LogP contribution in [0.1, 0.15) is 40.7 Å². The van der Waals surface area contributed by atoms with Crippen LogP contribution in [0, 0.1) is 0 Å². The van der Waals surface area contributed by atoms with E-state index < -0.39 is 0 Å². The fraction of sp³-hybridized carbons (Fsp3) is 0.318. The molecule has 0 N–H and O–H groups in total. The van der Waals surface area contributed by atoms with Gasteiger partial charge in [-0.2, -0.15) is 5.10 Å². The van der Waals surface area contributed by atoms with E-state index in [-0.39, 0.29) is 12.0 Å². The number of hydrogen-bond donors (Lipinski definition) is 0. The van der Waals surface area contributed by atoms with Crippen molar-refractivity contribution in [1.29, 1.82) is 0 Å². The zero-order valence-corrected chi connectivity index (χ0v) is 15.8. The van der Waals surface area contributed by atoms with Crippen LogP contribution in [-0.2, 0) is 20.1 Å². The maximum atomic E-state index is 13.0. The summed E-state index contributed by atoms with van der Waals surface area (Å²) in [4.78, 5) is 19.2. The summed E-state index contributed by atoms with van der Waals surface area (Å²) >= 11 is 0. The van der Waals surface area contributed by atoms with Crippen molar-refractivity contribution < 1.29 is 9.53 Å². The number of hydrogen-bond acceptors (Lipinski definition) is 4. The fourth-order valence-corrected chi connectivity index (χ4v) is 3.73. The number of carbonyl (C=O) groups is 1. The number of ether oxygens (including phenoxy) is 1. The zero-order chi connectivity index (χ0) is 19.1. The van der Waals surface area contributed by atoms with Crippen LogP contribution in [0.25, 0.3) is 11.1 Å². The van der Waals surface area contributed by atoms with Crippen molar-refractivity contribution >= 4 is 5.91 Å². The molecule has 0 unspecified atom stereocenters. The molecule has 142 valence electrons. The highest BCUT2D eigenvalue weighted by Crippen LogP contribution is 2.33. The van der Waals surface area contributed by atoms with Crippen LogP contribution >= 0.6 is 0 Å². The van der Waals surface area contributed by atoms with Crippen molar-refractivity contribution in [1.82, 2.24) is 19.7 Å². The molecule has 6 nitrogen and oxygen atoms in total. The SMILES string of the molecule is Cn1cc(-c2ccc(CN3Cc4ccnc(OC5CCC5)c4C3=O)cc2)cn1. The summed E-state index contributed by atoms with van der Waals surface area (Å²) in [6, 6.07) is 10.2. The van der Waals surface area contributed by atoms with Gasteiger partial charge in [0.05, 0.1) is 6.20 Å². The second-order valence-corrected chi connectivity index (χ2v) is 7.58. The molecule has 6 heteroatoms. The van der Waals surface area contributed by atoms with Crippen molar-refractivity contribution in [2.45, 2.75) is 38.5 Å². The Labute approximate surface area is 163 Å². The average molecular weight is 374 g/mol.